The van der Waals surface area contributed by atoms with E-state index < -0.39 is 5.92 Å². The van der Waals surface area contributed by atoms with Gasteiger partial charge in [-0.2, -0.15) is 0 Å². The lowest BCUT2D eigenvalue weighted by atomic mass is 10.0. The van der Waals surface area contributed by atoms with E-state index in [1.165, 1.54) is 6.92 Å². The lowest BCUT2D eigenvalue weighted by molar-refractivity contribution is -0.152. The minimum Gasteiger partial charge on any atom is -0.465 e. The first-order chi connectivity index (χ1) is 5.99. The third-order valence-electron chi connectivity index (χ3n) is 1.74. The molecule has 0 heterocycles. The molecule has 0 aliphatic carbocycles. The maximum absolute atomic E-state index is 11.3. The zero-order chi connectivity index (χ0) is 10.4. The molecular formula is C10H18O3. The number of hydrogen-bond donors (Lipinski definition) is 0. The first kappa shape index (κ1) is 12.1. The largest absolute Gasteiger partial charge is 0.465 e. The summed E-state index contributed by atoms with van der Waals surface area (Å²) in [7, 11) is 0. The van der Waals surface area contributed by atoms with Gasteiger partial charge in [-0.15, -0.1) is 0 Å². The van der Waals surface area contributed by atoms with Crippen molar-refractivity contribution in [1.82, 2.24) is 0 Å². The Balaban J connectivity index is 4.00. The number of ether oxygens (including phenoxy) is 1. The van der Waals surface area contributed by atoms with Crippen LogP contribution in [0.1, 0.15) is 34.1 Å². The van der Waals surface area contributed by atoms with E-state index in [4.69, 9.17) is 4.74 Å². The molecule has 0 fully saturated rings. The Hall–Kier alpha value is -0.860. The molecule has 0 saturated heterocycles. The van der Waals surface area contributed by atoms with Gasteiger partial charge in [-0.05, 0) is 19.3 Å². The van der Waals surface area contributed by atoms with Gasteiger partial charge in [0.05, 0.1) is 6.61 Å². The molecule has 0 amide bonds. The van der Waals surface area contributed by atoms with Crippen LogP contribution in [0.3, 0.4) is 0 Å². The Morgan fingerprint density at radius 3 is 2.15 bits per heavy atom. The normalized spacial score (nSPS) is 12.7. The van der Waals surface area contributed by atoms with E-state index in [1.54, 1.807) is 0 Å². The fourth-order valence-corrected chi connectivity index (χ4v) is 0.969. The van der Waals surface area contributed by atoms with Gasteiger partial charge in [-0.1, -0.05) is 20.8 Å². The van der Waals surface area contributed by atoms with Crippen molar-refractivity contribution < 1.29 is 14.3 Å². The van der Waals surface area contributed by atoms with Crippen molar-refractivity contribution in [3.63, 3.8) is 0 Å². The lowest BCUT2D eigenvalue weighted by Crippen LogP contribution is -2.24. The third kappa shape index (κ3) is 4.65. The van der Waals surface area contributed by atoms with Crippen LogP contribution in [0.25, 0.3) is 0 Å². The van der Waals surface area contributed by atoms with Gasteiger partial charge in [0.1, 0.15) is 11.7 Å². The predicted octanol–water partition coefficient (Wildman–Crippen LogP) is 1.80. The number of esters is 1. The first-order valence-electron chi connectivity index (χ1n) is 4.66. The van der Waals surface area contributed by atoms with Crippen molar-refractivity contribution >= 4 is 11.8 Å². The molecule has 13 heavy (non-hydrogen) atoms. The average Bonchev–Trinajstić information content (AvgIpc) is 2.01. The van der Waals surface area contributed by atoms with Crippen molar-refractivity contribution in [2.75, 3.05) is 6.61 Å². The Bertz CT molecular complexity index is 185. The molecule has 0 spiro atoms. The molecule has 0 aromatic rings. The van der Waals surface area contributed by atoms with Crippen molar-refractivity contribution in [2.24, 2.45) is 11.8 Å². The second kappa shape index (κ2) is 5.73. The zero-order valence-corrected chi connectivity index (χ0v) is 8.79. The molecule has 0 aromatic heterocycles. The van der Waals surface area contributed by atoms with Gasteiger partial charge in [0.25, 0.3) is 0 Å². The van der Waals surface area contributed by atoms with Gasteiger partial charge < -0.3 is 4.74 Å². The van der Waals surface area contributed by atoms with Gasteiger partial charge in [-0.25, -0.2) is 0 Å². The van der Waals surface area contributed by atoms with Crippen LogP contribution in [0, 0.1) is 11.8 Å². The maximum atomic E-state index is 11.3. The molecule has 1 unspecified atom stereocenters. The Morgan fingerprint density at radius 1 is 1.31 bits per heavy atom. The minimum atomic E-state index is -0.571. The number of hydrogen-bond acceptors (Lipinski definition) is 3. The molecule has 0 bridgehead atoms. The van der Waals surface area contributed by atoms with E-state index in [1.807, 2.05) is 20.8 Å². The van der Waals surface area contributed by atoms with Crippen LogP contribution in [0.2, 0.25) is 0 Å². The molecule has 0 aromatic carbocycles. The zero-order valence-electron chi connectivity index (χ0n) is 8.79. The molecule has 1 atom stereocenters. The van der Waals surface area contributed by atoms with E-state index >= 15 is 0 Å². The molecule has 0 N–H and O–H groups in total. The summed E-state index contributed by atoms with van der Waals surface area (Å²) in [5.41, 5.74) is 0. The summed E-state index contributed by atoms with van der Waals surface area (Å²) in [6.45, 7) is 7.54. The average molecular weight is 186 g/mol. The van der Waals surface area contributed by atoms with Gasteiger partial charge in [0.2, 0.25) is 0 Å². The summed E-state index contributed by atoms with van der Waals surface area (Å²) in [6.07, 6.45) is 0.520. The fraction of sp³-hybridized carbons (Fsp3) is 0.800. The Labute approximate surface area is 79.5 Å². The monoisotopic (exact) mass is 186 g/mol. The van der Waals surface area contributed by atoms with Gasteiger partial charge >= 0.3 is 5.97 Å². The SMILES string of the molecule is CCC(C(C)=O)C(=O)OCC(C)C. The van der Waals surface area contributed by atoms with E-state index in [-0.39, 0.29) is 11.8 Å². The summed E-state index contributed by atoms with van der Waals surface area (Å²) < 4.78 is 4.96. The van der Waals surface area contributed by atoms with E-state index in [0.717, 1.165) is 0 Å². The molecular weight excluding hydrogens is 168 g/mol. The highest BCUT2D eigenvalue weighted by atomic mass is 16.5. The third-order valence-corrected chi connectivity index (χ3v) is 1.74. The quantitative estimate of drug-likeness (QED) is 0.485. The molecule has 0 radical (unpaired) electrons. The van der Waals surface area contributed by atoms with Crippen molar-refractivity contribution in [3.05, 3.63) is 0 Å². The summed E-state index contributed by atoms with van der Waals surface area (Å²) >= 11 is 0. The van der Waals surface area contributed by atoms with E-state index in [0.29, 0.717) is 18.9 Å². The molecule has 0 rings (SSSR count). The summed E-state index contributed by atoms with van der Waals surface area (Å²) in [6, 6.07) is 0. The van der Waals surface area contributed by atoms with E-state index in [2.05, 4.69) is 0 Å². The molecule has 0 saturated carbocycles. The van der Waals surface area contributed by atoms with Crippen molar-refractivity contribution in [1.29, 1.82) is 0 Å². The smallest absolute Gasteiger partial charge is 0.316 e. The molecule has 3 heteroatoms. The lowest BCUT2D eigenvalue weighted by Gasteiger charge is -2.12. The predicted molar refractivity (Wildman–Crippen MR) is 50.3 cm³/mol. The second-order valence-electron chi connectivity index (χ2n) is 3.60. The Morgan fingerprint density at radius 2 is 1.85 bits per heavy atom. The van der Waals surface area contributed by atoms with Gasteiger partial charge in [-0.3, -0.25) is 9.59 Å². The molecule has 0 aliphatic rings. The van der Waals surface area contributed by atoms with Gasteiger partial charge in [0.15, 0.2) is 0 Å². The van der Waals surface area contributed by atoms with Crippen LogP contribution in [0.15, 0.2) is 0 Å². The molecule has 76 valence electrons. The Kier molecular flexibility index (Phi) is 5.35. The van der Waals surface area contributed by atoms with Crippen LogP contribution in [0.4, 0.5) is 0 Å². The first-order valence-corrected chi connectivity index (χ1v) is 4.66. The van der Waals surface area contributed by atoms with Crippen LogP contribution < -0.4 is 0 Å². The number of ketones is 1. The standard InChI is InChI=1S/C10H18O3/c1-5-9(8(4)11)10(12)13-6-7(2)3/h7,9H,5-6H2,1-4H3. The van der Waals surface area contributed by atoms with Gasteiger partial charge in [0, 0.05) is 0 Å². The van der Waals surface area contributed by atoms with Crippen molar-refractivity contribution in [2.45, 2.75) is 34.1 Å². The van der Waals surface area contributed by atoms with E-state index in [9.17, 15) is 9.59 Å². The summed E-state index contributed by atoms with van der Waals surface area (Å²) in [4.78, 5) is 22.2. The summed E-state index contributed by atoms with van der Waals surface area (Å²) in [5, 5.41) is 0. The topological polar surface area (TPSA) is 43.4 Å². The maximum Gasteiger partial charge on any atom is 0.316 e. The fourth-order valence-electron chi connectivity index (χ4n) is 0.969. The number of rotatable bonds is 5. The minimum absolute atomic E-state index is 0.115. The van der Waals surface area contributed by atoms with Crippen LogP contribution in [-0.4, -0.2) is 18.4 Å². The number of Topliss-reactive ketones (excluding diaryl/α,β-unsaturated/α-hetero) is 1. The van der Waals surface area contributed by atoms with Crippen molar-refractivity contribution in [3.8, 4) is 0 Å². The summed E-state index contributed by atoms with van der Waals surface area (Å²) in [5.74, 6) is -0.757. The second-order valence-corrected chi connectivity index (χ2v) is 3.60. The highest BCUT2D eigenvalue weighted by molar-refractivity contribution is 5.97. The van der Waals surface area contributed by atoms with Crippen LogP contribution >= 0.6 is 0 Å². The van der Waals surface area contributed by atoms with Crippen LogP contribution in [0.5, 0.6) is 0 Å². The highest BCUT2D eigenvalue weighted by Gasteiger charge is 2.22. The number of carbonyl (C=O) groups is 2. The highest BCUT2D eigenvalue weighted by Crippen LogP contribution is 2.07. The number of carbonyl (C=O) groups excluding carboxylic acids is 2. The molecule has 0 aliphatic heterocycles. The molecule has 3 nitrogen and oxygen atoms in total. The van der Waals surface area contributed by atoms with Crippen LogP contribution in [-0.2, 0) is 14.3 Å².